The largest absolute Gasteiger partial charge is 0.358 e. The molecular formula is C13H22N4O2. The van der Waals surface area contributed by atoms with E-state index in [4.69, 9.17) is 0 Å². The first-order valence-corrected chi connectivity index (χ1v) is 7.07. The molecule has 1 aromatic heterocycles. The highest BCUT2D eigenvalue weighted by Crippen LogP contribution is 2.15. The summed E-state index contributed by atoms with van der Waals surface area (Å²) in [6, 6.07) is 0. The molecule has 0 bridgehead atoms. The van der Waals surface area contributed by atoms with E-state index in [1.165, 1.54) is 45.1 Å². The van der Waals surface area contributed by atoms with E-state index < -0.39 is 0 Å². The lowest BCUT2D eigenvalue weighted by atomic mass is 10.2. The summed E-state index contributed by atoms with van der Waals surface area (Å²) in [5.41, 5.74) is 0. The van der Waals surface area contributed by atoms with E-state index in [0.717, 1.165) is 18.7 Å². The number of nitrogens with zero attached hydrogens (tertiary/aromatic N) is 4. The van der Waals surface area contributed by atoms with Crippen molar-refractivity contribution in [1.82, 2.24) is 14.5 Å². The summed E-state index contributed by atoms with van der Waals surface area (Å²) in [5.74, 6) is 0.836. The van der Waals surface area contributed by atoms with E-state index in [0.29, 0.717) is 6.54 Å². The van der Waals surface area contributed by atoms with Gasteiger partial charge in [0.25, 0.3) is 0 Å². The van der Waals surface area contributed by atoms with Crippen molar-refractivity contribution >= 4 is 5.82 Å². The molecule has 1 aromatic rings. The molecule has 106 valence electrons. The normalized spacial score (nSPS) is 16.1. The summed E-state index contributed by atoms with van der Waals surface area (Å²) in [6.45, 7) is 6.17. The lowest BCUT2D eigenvalue weighted by Gasteiger charge is -2.13. The van der Waals surface area contributed by atoms with Crippen molar-refractivity contribution in [3.8, 4) is 0 Å². The first-order chi connectivity index (χ1) is 9.18. The fraction of sp³-hybridized carbons (Fsp3) is 0.769. The Labute approximate surface area is 113 Å². The van der Waals surface area contributed by atoms with Crippen LogP contribution in [0.3, 0.4) is 0 Å². The molecule has 19 heavy (non-hydrogen) atoms. The molecule has 0 unspecified atom stereocenters. The number of hydrogen-bond donors (Lipinski definition) is 0. The monoisotopic (exact) mass is 266 g/mol. The van der Waals surface area contributed by atoms with E-state index in [2.05, 4.69) is 9.88 Å². The Morgan fingerprint density at radius 1 is 1.26 bits per heavy atom. The fourth-order valence-corrected chi connectivity index (χ4v) is 2.67. The third-order valence-electron chi connectivity index (χ3n) is 3.78. The van der Waals surface area contributed by atoms with Gasteiger partial charge in [-0.25, -0.2) is 9.55 Å². The Morgan fingerprint density at radius 3 is 2.63 bits per heavy atom. The molecule has 6 heteroatoms. The van der Waals surface area contributed by atoms with Crippen molar-refractivity contribution in [2.24, 2.45) is 0 Å². The number of unbranched alkanes of at least 4 members (excludes halogenated alkanes) is 2. The molecule has 1 aliphatic rings. The molecule has 0 atom stereocenters. The van der Waals surface area contributed by atoms with Crippen LogP contribution in [0, 0.1) is 17.0 Å². The number of imidazole rings is 1. The average molecular weight is 266 g/mol. The van der Waals surface area contributed by atoms with Gasteiger partial charge in [0, 0.05) is 6.92 Å². The molecular weight excluding hydrogens is 244 g/mol. The Kier molecular flexibility index (Phi) is 4.90. The standard InChI is InChI=1S/C13H22N4O2/c1-12-14-11-13(17(18)19)16(12)10-4-2-3-7-15-8-5-6-9-15/h11H,2-10H2,1H3. The van der Waals surface area contributed by atoms with Crippen LogP contribution in [-0.2, 0) is 6.54 Å². The highest BCUT2D eigenvalue weighted by molar-refractivity contribution is 5.18. The summed E-state index contributed by atoms with van der Waals surface area (Å²) in [5, 5.41) is 10.8. The zero-order valence-electron chi connectivity index (χ0n) is 11.5. The van der Waals surface area contributed by atoms with Crippen LogP contribution in [0.1, 0.15) is 37.9 Å². The Bertz CT molecular complexity index is 424. The summed E-state index contributed by atoms with van der Waals surface area (Å²) < 4.78 is 1.70. The third-order valence-corrected chi connectivity index (χ3v) is 3.78. The van der Waals surface area contributed by atoms with Crippen molar-refractivity contribution in [3.63, 3.8) is 0 Å². The molecule has 0 saturated carbocycles. The van der Waals surface area contributed by atoms with Crippen LogP contribution in [0.5, 0.6) is 0 Å². The molecule has 0 radical (unpaired) electrons. The lowest BCUT2D eigenvalue weighted by molar-refractivity contribution is -0.392. The maximum atomic E-state index is 10.8. The lowest BCUT2D eigenvalue weighted by Crippen LogP contribution is -2.20. The van der Waals surface area contributed by atoms with Gasteiger partial charge in [-0.2, -0.15) is 0 Å². The number of likely N-dealkylation sites (tertiary alicyclic amines) is 1. The zero-order chi connectivity index (χ0) is 13.7. The molecule has 1 aliphatic heterocycles. The molecule has 0 N–H and O–H groups in total. The summed E-state index contributed by atoms with van der Waals surface area (Å²) in [4.78, 5) is 17.0. The van der Waals surface area contributed by atoms with Crippen LogP contribution >= 0.6 is 0 Å². The van der Waals surface area contributed by atoms with Gasteiger partial charge in [-0.3, -0.25) is 0 Å². The second-order valence-corrected chi connectivity index (χ2v) is 5.18. The minimum atomic E-state index is -0.357. The van der Waals surface area contributed by atoms with Gasteiger partial charge in [-0.15, -0.1) is 0 Å². The molecule has 0 spiro atoms. The van der Waals surface area contributed by atoms with Crippen molar-refractivity contribution in [2.75, 3.05) is 19.6 Å². The van der Waals surface area contributed by atoms with Crippen molar-refractivity contribution in [1.29, 1.82) is 0 Å². The maximum absolute atomic E-state index is 10.8. The van der Waals surface area contributed by atoms with Crippen molar-refractivity contribution in [2.45, 2.75) is 45.6 Å². The van der Waals surface area contributed by atoms with Gasteiger partial charge in [0.05, 0.1) is 6.54 Å². The van der Waals surface area contributed by atoms with Gasteiger partial charge < -0.3 is 15.0 Å². The molecule has 6 nitrogen and oxygen atoms in total. The van der Waals surface area contributed by atoms with Gasteiger partial charge in [0.15, 0.2) is 5.82 Å². The number of rotatable bonds is 7. The van der Waals surface area contributed by atoms with E-state index in [1.807, 2.05) is 6.92 Å². The van der Waals surface area contributed by atoms with Gasteiger partial charge in [-0.1, -0.05) is 0 Å². The quantitative estimate of drug-likeness (QED) is 0.432. The van der Waals surface area contributed by atoms with Crippen LogP contribution in [-0.4, -0.2) is 39.0 Å². The number of hydrogen-bond acceptors (Lipinski definition) is 4. The summed E-state index contributed by atoms with van der Waals surface area (Å²) in [6.07, 6.45) is 7.29. The molecule has 2 rings (SSSR count). The Balaban J connectivity index is 1.70. The molecule has 1 fully saturated rings. The van der Waals surface area contributed by atoms with Crippen LogP contribution in [0.4, 0.5) is 5.82 Å². The predicted molar refractivity (Wildman–Crippen MR) is 73.1 cm³/mol. The molecule has 0 aliphatic carbocycles. The first kappa shape index (κ1) is 14.0. The average Bonchev–Trinajstić information content (AvgIpc) is 2.99. The SMILES string of the molecule is Cc1ncc([N+](=O)[O-])n1CCCCCN1CCCC1. The molecule has 2 heterocycles. The smallest absolute Gasteiger partial charge is 0.342 e. The van der Waals surface area contributed by atoms with Gasteiger partial charge in [-0.05, 0) is 56.7 Å². The highest BCUT2D eigenvalue weighted by Gasteiger charge is 2.16. The van der Waals surface area contributed by atoms with Crippen LogP contribution in [0.2, 0.25) is 0 Å². The highest BCUT2D eigenvalue weighted by atomic mass is 16.6. The fourth-order valence-electron chi connectivity index (χ4n) is 2.67. The first-order valence-electron chi connectivity index (χ1n) is 7.07. The third kappa shape index (κ3) is 3.76. The van der Waals surface area contributed by atoms with Crippen molar-refractivity contribution in [3.05, 3.63) is 22.1 Å². The topological polar surface area (TPSA) is 64.2 Å². The second-order valence-electron chi connectivity index (χ2n) is 5.18. The minimum absolute atomic E-state index is 0.108. The predicted octanol–water partition coefficient (Wildman–Crippen LogP) is 2.37. The van der Waals surface area contributed by atoms with E-state index >= 15 is 0 Å². The second kappa shape index (κ2) is 6.65. The summed E-state index contributed by atoms with van der Waals surface area (Å²) in [7, 11) is 0. The van der Waals surface area contributed by atoms with E-state index in [1.54, 1.807) is 4.57 Å². The van der Waals surface area contributed by atoms with Crippen molar-refractivity contribution < 1.29 is 4.92 Å². The Morgan fingerprint density at radius 2 is 1.95 bits per heavy atom. The van der Waals surface area contributed by atoms with E-state index in [-0.39, 0.29) is 10.7 Å². The minimum Gasteiger partial charge on any atom is -0.358 e. The van der Waals surface area contributed by atoms with Crippen LogP contribution < -0.4 is 0 Å². The number of aromatic nitrogens is 2. The van der Waals surface area contributed by atoms with Crippen LogP contribution in [0.15, 0.2) is 6.20 Å². The molecule has 1 saturated heterocycles. The van der Waals surface area contributed by atoms with Crippen LogP contribution in [0.25, 0.3) is 0 Å². The zero-order valence-corrected chi connectivity index (χ0v) is 11.5. The summed E-state index contributed by atoms with van der Waals surface area (Å²) >= 11 is 0. The van der Waals surface area contributed by atoms with Gasteiger partial charge in [0.2, 0.25) is 0 Å². The molecule has 0 aromatic carbocycles. The van der Waals surface area contributed by atoms with Gasteiger partial charge >= 0.3 is 5.82 Å². The van der Waals surface area contributed by atoms with Gasteiger partial charge in [0.1, 0.15) is 6.20 Å². The Hall–Kier alpha value is -1.43. The molecule has 0 amide bonds. The maximum Gasteiger partial charge on any atom is 0.342 e. The number of nitro groups is 1. The van der Waals surface area contributed by atoms with E-state index in [9.17, 15) is 10.1 Å². The number of aryl methyl sites for hydroxylation is 1.